The Hall–Kier alpha value is -3.26. The van der Waals surface area contributed by atoms with E-state index in [2.05, 4.69) is 20.8 Å². The number of H-pyrrole nitrogens is 1. The Kier molecular flexibility index (Phi) is 5.61. The number of benzene rings is 2. The molecular weight excluding hydrogens is 406 g/mol. The number of hydrogen-bond acceptors (Lipinski definition) is 6. The molecule has 0 radical (unpaired) electrons. The standard InChI is InChI=1S/C24H29N5O3/c1-25-8-9-32-18-7-6-15-13-29(14-16(15)10-18)24(31)20-11-19-21(12-22(20)30)27-28-23(19)26-17-4-2-3-5-17/h6-7,10-12,17,25,30H,2-5,8-9,13-14H2,1H3,(H2,26,27,28). The van der Waals surface area contributed by atoms with E-state index < -0.39 is 0 Å². The van der Waals surface area contributed by atoms with Gasteiger partial charge in [-0.05, 0) is 49.2 Å². The van der Waals surface area contributed by atoms with Crippen molar-refractivity contribution >= 4 is 22.6 Å². The lowest BCUT2D eigenvalue weighted by atomic mass is 10.1. The maximum atomic E-state index is 13.3. The maximum Gasteiger partial charge on any atom is 0.258 e. The normalized spacial score (nSPS) is 16.0. The van der Waals surface area contributed by atoms with Gasteiger partial charge >= 0.3 is 0 Å². The van der Waals surface area contributed by atoms with E-state index in [-0.39, 0.29) is 11.7 Å². The highest BCUT2D eigenvalue weighted by Crippen LogP contribution is 2.33. The maximum absolute atomic E-state index is 13.3. The summed E-state index contributed by atoms with van der Waals surface area (Å²) in [5, 5.41) is 25.3. The molecular formula is C24H29N5O3. The Morgan fingerprint density at radius 3 is 2.84 bits per heavy atom. The van der Waals surface area contributed by atoms with Crippen molar-refractivity contribution < 1.29 is 14.6 Å². The van der Waals surface area contributed by atoms with E-state index in [9.17, 15) is 9.90 Å². The fraction of sp³-hybridized carbons (Fsp3) is 0.417. The first-order valence-electron chi connectivity index (χ1n) is 11.3. The highest BCUT2D eigenvalue weighted by molar-refractivity contribution is 6.03. The fourth-order valence-corrected chi connectivity index (χ4v) is 4.64. The first kappa shape index (κ1) is 20.6. The van der Waals surface area contributed by atoms with Crippen LogP contribution in [-0.2, 0) is 13.1 Å². The Balaban J connectivity index is 1.35. The van der Waals surface area contributed by atoms with Gasteiger partial charge in [-0.3, -0.25) is 9.89 Å². The molecule has 8 nitrogen and oxygen atoms in total. The third-order valence-corrected chi connectivity index (χ3v) is 6.41. The van der Waals surface area contributed by atoms with Crippen LogP contribution < -0.4 is 15.4 Å². The largest absolute Gasteiger partial charge is 0.507 e. The zero-order valence-electron chi connectivity index (χ0n) is 18.3. The van der Waals surface area contributed by atoms with E-state index in [0.29, 0.717) is 36.8 Å². The second kappa shape index (κ2) is 8.70. The molecule has 2 aromatic carbocycles. The zero-order chi connectivity index (χ0) is 22.1. The van der Waals surface area contributed by atoms with Crippen molar-refractivity contribution in [1.29, 1.82) is 0 Å². The van der Waals surface area contributed by atoms with Gasteiger partial charge in [0.25, 0.3) is 5.91 Å². The highest BCUT2D eigenvalue weighted by atomic mass is 16.5. The van der Waals surface area contributed by atoms with Crippen LogP contribution in [0, 0.1) is 0 Å². The summed E-state index contributed by atoms with van der Waals surface area (Å²) in [7, 11) is 1.89. The predicted molar refractivity (Wildman–Crippen MR) is 123 cm³/mol. The zero-order valence-corrected chi connectivity index (χ0v) is 18.3. The second-order valence-corrected chi connectivity index (χ2v) is 8.66. The van der Waals surface area contributed by atoms with E-state index in [4.69, 9.17) is 4.74 Å². The van der Waals surface area contributed by atoms with Crippen molar-refractivity contribution in [2.75, 3.05) is 25.5 Å². The monoisotopic (exact) mass is 435 g/mol. The van der Waals surface area contributed by atoms with Crippen LogP contribution in [0.1, 0.15) is 47.2 Å². The predicted octanol–water partition coefficient (Wildman–Crippen LogP) is 3.38. The van der Waals surface area contributed by atoms with Gasteiger partial charge in [0.2, 0.25) is 0 Å². The minimum atomic E-state index is -0.189. The van der Waals surface area contributed by atoms with Gasteiger partial charge in [-0.1, -0.05) is 18.9 Å². The third-order valence-electron chi connectivity index (χ3n) is 6.41. The Bertz CT molecular complexity index is 1140. The summed E-state index contributed by atoms with van der Waals surface area (Å²) in [6.45, 7) is 2.37. The van der Waals surface area contributed by atoms with Crippen LogP contribution in [0.25, 0.3) is 10.9 Å². The van der Waals surface area contributed by atoms with Crippen LogP contribution >= 0.6 is 0 Å². The summed E-state index contributed by atoms with van der Waals surface area (Å²) < 4.78 is 5.75. The molecule has 3 aromatic rings. The van der Waals surface area contributed by atoms with E-state index in [1.54, 1.807) is 17.0 Å². The summed E-state index contributed by atoms with van der Waals surface area (Å²) in [6, 6.07) is 9.71. The van der Waals surface area contributed by atoms with Gasteiger partial charge in [0, 0.05) is 37.1 Å². The van der Waals surface area contributed by atoms with Crippen molar-refractivity contribution in [1.82, 2.24) is 20.4 Å². The van der Waals surface area contributed by atoms with Crippen molar-refractivity contribution in [2.45, 2.75) is 44.8 Å². The van der Waals surface area contributed by atoms with Crippen LogP contribution in [0.15, 0.2) is 30.3 Å². The number of aromatic amines is 1. The van der Waals surface area contributed by atoms with Crippen LogP contribution in [-0.4, -0.2) is 52.4 Å². The van der Waals surface area contributed by atoms with Crippen LogP contribution in [0.3, 0.4) is 0 Å². The molecule has 2 heterocycles. The minimum Gasteiger partial charge on any atom is -0.507 e. The molecule has 0 bridgehead atoms. The molecule has 0 unspecified atom stereocenters. The summed E-state index contributed by atoms with van der Waals surface area (Å²) in [5.41, 5.74) is 3.19. The van der Waals surface area contributed by atoms with Gasteiger partial charge in [-0.15, -0.1) is 0 Å². The number of ether oxygens (including phenoxy) is 1. The summed E-state index contributed by atoms with van der Waals surface area (Å²) in [4.78, 5) is 15.1. The molecule has 0 saturated heterocycles. The third kappa shape index (κ3) is 3.98. The van der Waals surface area contributed by atoms with Gasteiger partial charge in [0.1, 0.15) is 18.1 Å². The number of fused-ring (bicyclic) bond motifs is 2. The molecule has 8 heteroatoms. The van der Waals surface area contributed by atoms with Gasteiger partial charge < -0.3 is 25.4 Å². The average molecular weight is 436 g/mol. The smallest absolute Gasteiger partial charge is 0.258 e. The average Bonchev–Trinajstić information content (AvgIpc) is 3.53. The Morgan fingerprint density at radius 2 is 2.03 bits per heavy atom. The number of nitrogens with zero attached hydrogens (tertiary/aromatic N) is 2. The van der Waals surface area contributed by atoms with E-state index in [0.717, 1.165) is 47.5 Å². The quantitative estimate of drug-likeness (QED) is 0.425. The molecule has 4 N–H and O–H groups in total. The molecule has 1 saturated carbocycles. The summed E-state index contributed by atoms with van der Waals surface area (Å²) in [6.07, 6.45) is 4.71. The molecule has 1 aliphatic carbocycles. The topological polar surface area (TPSA) is 103 Å². The van der Waals surface area contributed by atoms with Crippen molar-refractivity contribution in [3.63, 3.8) is 0 Å². The van der Waals surface area contributed by atoms with Crippen molar-refractivity contribution in [3.05, 3.63) is 47.0 Å². The number of aromatic hydroxyl groups is 1. The van der Waals surface area contributed by atoms with Gasteiger partial charge in [0.05, 0.1) is 11.1 Å². The Morgan fingerprint density at radius 1 is 1.22 bits per heavy atom. The van der Waals surface area contributed by atoms with Gasteiger partial charge in [-0.25, -0.2) is 0 Å². The number of carbonyl (C=O) groups is 1. The van der Waals surface area contributed by atoms with Crippen LogP contribution in [0.2, 0.25) is 0 Å². The second-order valence-electron chi connectivity index (χ2n) is 8.66. The molecule has 5 rings (SSSR count). The number of carbonyl (C=O) groups excluding carboxylic acids is 1. The van der Waals surface area contributed by atoms with Gasteiger partial charge in [-0.2, -0.15) is 5.10 Å². The van der Waals surface area contributed by atoms with Crippen molar-refractivity contribution in [2.24, 2.45) is 0 Å². The lowest BCUT2D eigenvalue weighted by Gasteiger charge is -2.17. The molecule has 1 amide bonds. The number of hydrogen-bond donors (Lipinski definition) is 4. The minimum absolute atomic E-state index is 0.0365. The lowest BCUT2D eigenvalue weighted by Crippen LogP contribution is -2.25. The summed E-state index contributed by atoms with van der Waals surface area (Å²) in [5.74, 6) is 1.32. The first-order valence-corrected chi connectivity index (χ1v) is 11.3. The number of rotatable bonds is 7. The molecule has 1 aliphatic heterocycles. The Labute approximate surface area is 186 Å². The molecule has 1 aromatic heterocycles. The number of likely N-dealkylation sites (N-methyl/N-ethyl adjacent to an activating group) is 1. The molecule has 1 fully saturated rings. The summed E-state index contributed by atoms with van der Waals surface area (Å²) >= 11 is 0. The lowest BCUT2D eigenvalue weighted by molar-refractivity contribution is 0.0748. The number of amides is 1. The molecule has 2 aliphatic rings. The number of phenolic OH excluding ortho intramolecular Hbond substituents is 1. The number of phenols is 1. The van der Waals surface area contributed by atoms with Crippen molar-refractivity contribution in [3.8, 4) is 11.5 Å². The molecule has 0 atom stereocenters. The number of anilines is 1. The van der Waals surface area contributed by atoms with Crippen LogP contribution in [0.4, 0.5) is 5.82 Å². The van der Waals surface area contributed by atoms with E-state index in [1.807, 2.05) is 25.2 Å². The number of nitrogens with one attached hydrogen (secondary N) is 3. The van der Waals surface area contributed by atoms with Crippen LogP contribution in [0.5, 0.6) is 11.5 Å². The molecule has 0 spiro atoms. The molecule has 32 heavy (non-hydrogen) atoms. The molecule has 168 valence electrons. The SMILES string of the molecule is CNCCOc1ccc2c(c1)CN(C(=O)c1cc3c(NC4CCCC4)n[nH]c3cc1O)C2. The van der Waals surface area contributed by atoms with E-state index >= 15 is 0 Å². The van der Waals surface area contributed by atoms with Gasteiger partial charge in [0.15, 0.2) is 5.82 Å². The van der Waals surface area contributed by atoms with E-state index in [1.165, 1.54) is 12.8 Å². The first-order chi connectivity index (χ1) is 15.6. The number of aromatic nitrogens is 2. The highest BCUT2D eigenvalue weighted by Gasteiger charge is 2.27. The fourth-order valence-electron chi connectivity index (χ4n) is 4.64.